The SMILES string of the molecule is O=C(O)/C=C\c1ccc(OCCCc2ccccc2)c([N+](=O)[O-])c1. The first-order valence-electron chi connectivity index (χ1n) is 7.42. The molecule has 0 aromatic heterocycles. The average molecular weight is 327 g/mol. The molecule has 0 saturated carbocycles. The number of aliphatic carboxylic acids is 1. The first-order chi connectivity index (χ1) is 11.6. The third-order valence-corrected chi connectivity index (χ3v) is 3.31. The van der Waals surface area contributed by atoms with Gasteiger partial charge in [-0.2, -0.15) is 0 Å². The van der Waals surface area contributed by atoms with E-state index in [0.717, 1.165) is 18.9 Å². The lowest BCUT2D eigenvalue weighted by atomic mass is 10.1. The topological polar surface area (TPSA) is 89.7 Å². The van der Waals surface area contributed by atoms with Gasteiger partial charge in [-0.1, -0.05) is 36.4 Å². The van der Waals surface area contributed by atoms with Crippen molar-refractivity contribution < 1.29 is 19.6 Å². The zero-order chi connectivity index (χ0) is 17.4. The van der Waals surface area contributed by atoms with Crippen molar-refractivity contribution in [3.63, 3.8) is 0 Å². The molecule has 0 unspecified atom stereocenters. The van der Waals surface area contributed by atoms with E-state index in [2.05, 4.69) is 0 Å². The molecule has 0 bridgehead atoms. The summed E-state index contributed by atoms with van der Waals surface area (Å²) >= 11 is 0. The van der Waals surface area contributed by atoms with E-state index >= 15 is 0 Å². The average Bonchev–Trinajstić information content (AvgIpc) is 2.58. The Morgan fingerprint density at radius 2 is 1.96 bits per heavy atom. The highest BCUT2D eigenvalue weighted by Crippen LogP contribution is 2.28. The van der Waals surface area contributed by atoms with Crippen molar-refractivity contribution in [2.75, 3.05) is 6.61 Å². The molecule has 0 spiro atoms. The molecule has 6 heteroatoms. The van der Waals surface area contributed by atoms with E-state index in [4.69, 9.17) is 9.84 Å². The van der Waals surface area contributed by atoms with Crippen LogP contribution in [0.15, 0.2) is 54.6 Å². The summed E-state index contributed by atoms with van der Waals surface area (Å²) < 4.78 is 5.52. The number of carboxylic acids is 1. The minimum Gasteiger partial charge on any atom is -0.487 e. The lowest BCUT2D eigenvalue weighted by Crippen LogP contribution is -2.02. The summed E-state index contributed by atoms with van der Waals surface area (Å²) in [7, 11) is 0. The Labute approximate surface area is 139 Å². The number of hydrogen-bond donors (Lipinski definition) is 1. The first-order valence-corrected chi connectivity index (χ1v) is 7.42. The summed E-state index contributed by atoms with van der Waals surface area (Å²) in [6.07, 6.45) is 3.80. The Morgan fingerprint density at radius 3 is 2.62 bits per heavy atom. The molecule has 0 aliphatic rings. The Bertz CT molecular complexity index is 740. The van der Waals surface area contributed by atoms with Crippen molar-refractivity contribution >= 4 is 17.7 Å². The zero-order valence-electron chi connectivity index (χ0n) is 12.9. The summed E-state index contributed by atoms with van der Waals surface area (Å²) in [5, 5.41) is 19.8. The second-order valence-corrected chi connectivity index (χ2v) is 5.09. The second kappa shape index (κ2) is 8.47. The minimum atomic E-state index is -1.11. The number of ether oxygens (including phenoxy) is 1. The third kappa shape index (κ3) is 5.24. The van der Waals surface area contributed by atoms with Crippen LogP contribution in [0.4, 0.5) is 5.69 Å². The van der Waals surface area contributed by atoms with E-state index in [-0.39, 0.29) is 11.4 Å². The monoisotopic (exact) mass is 327 g/mol. The van der Waals surface area contributed by atoms with Gasteiger partial charge in [0.15, 0.2) is 5.75 Å². The number of nitro benzene ring substituents is 1. The highest BCUT2D eigenvalue weighted by molar-refractivity contribution is 5.85. The summed E-state index contributed by atoms with van der Waals surface area (Å²) in [4.78, 5) is 21.1. The van der Waals surface area contributed by atoms with Crippen LogP contribution < -0.4 is 4.74 Å². The van der Waals surface area contributed by atoms with Crippen molar-refractivity contribution in [1.29, 1.82) is 0 Å². The molecule has 2 aromatic rings. The lowest BCUT2D eigenvalue weighted by Gasteiger charge is -2.07. The smallest absolute Gasteiger partial charge is 0.328 e. The molecule has 0 heterocycles. The normalized spacial score (nSPS) is 10.7. The number of carbonyl (C=O) groups is 1. The number of carboxylic acid groups (broad SMARTS) is 1. The summed E-state index contributed by atoms with van der Waals surface area (Å²) in [5.41, 5.74) is 1.44. The molecule has 0 saturated heterocycles. The van der Waals surface area contributed by atoms with Gasteiger partial charge in [0.05, 0.1) is 11.5 Å². The van der Waals surface area contributed by atoms with Crippen molar-refractivity contribution in [2.24, 2.45) is 0 Å². The van der Waals surface area contributed by atoms with Gasteiger partial charge >= 0.3 is 11.7 Å². The molecule has 0 radical (unpaired) electrons. The fourth-order valence-corrected chi connectivity index (χ4v) is 2.17. The Balaban J connectivity index is 1.98. The minimum absolute atomic E-state index is 0.178. The Hall–Kier alpha value is -3.15. The van der Waals surface area contributed by atoms with E-state index < -0.39 is 10.9 Å². The van der Waals surface area contributed by atoms with Gasteiger partial charge in [-0.15, -0.1) is 0 Å². The molecule has 0 aliphatic heterocycles. The van der Waals surface area contributed by atoms with Gasteiger partial charge in [0.2, 0.25) is 0 Å². The van der Waals surface area contributed by atoms with Crippen molar-refractivity contribution in [2.45, 2.75) is 12.8 Å². The van der Waals surface area contributed by atoms with Gasteiger partial charge in [0.1, 0.15) is 0 Å². The van der Waals surface area contributed by atoms with Crippen molar-refractivity contribution in [3.8, 4) is 5.75 Å². The van der Waals surface area contributed by atoms with Gasteiger partial charge in [0, 0.05) is 12.1 Å². The lowest BCUT2D eigenvalue weighted by molar-refractivity contribution is -0.385. The maximum atomic E-state index is 11.2. The highest BCUT2D eigenvalue weighted by atomic mass is 16.6. The van der Waals surface area contributed by atoms with Crippen LogP contribution >= 0.6 is 0 Å². The number of nitro groups is 1. The largest absolute Gasteiger partial charge is 0.487 e. The maximum Gasteiger partial charge on any atom is 0.328 e. The molecular weight excluding hydrogens is 310 g/mol. The van der Waals surface area contributed by atoms with Crippen LogP contribution in [-0.4, -0.2) is 22.6 Å². The molecule has 124 valence electrons. The van der Waals surface area contributed by atoms with Gasteiger partial charge in [-0.3, -0.25) is 10.1 Å². The quantitative estimate of drug-likeness (QED) is 0.345. The zero-order valence-corrected chi connectivity index (χ0v) is 12.9. The number of aryl methyl sites for hydroxylation is 1. The van der Waals surface area contributed by atoms with Gasteiger partial charge < -0.3 is 9.84 Å². The van der Waals surface area contributed by atoms with Crippen LogP contribution in [0.1, 0.15) is 17.5 Å². The van der Waals surface area contributed by atoms with Crippen molar-refractivity contribution in [1.82, 2.24) is 0 Å². The summed E-state index contributed by atoms with van der Waals surface area (Å²) in [6.45, 7) is 0.361. The standard InChI is InChI=1S/C18H17NO5/c20-18(21)11-9-15-8-10-17(16(13-15)19(22)23)24-12-4-7-14-5-2-1-3-6-14/h1-3,5-6,8-11,13H,4,7,12H2,(H,20,21)/b11-9-. The van der Waals surface area contributed by atoms with E-state index in [9.17, 15) is 14.9 Å². The molecule has 0 amide bonds. The summed E-state index contributed by atoms with van der Waals surface area (Å²) in [6, 6.07) is 14.3. The second-order valence-electron chi connectivity index (χ2n) is 5.09. The van der Waals surface area contributed by atoms with Crippen LogP contribution in [0.2, 0.25) is 0 Å². The number of nitrogens with zero attached hydrogens (tertiary/aromatic N) is 1. The van der Waals surface area contributed by atoms with Crippen LogP contribution in [-0.2, 0) is 11.2 Å². The van der Waals surface area contributed by atoms with E-state index in [0.29, 0.717) is 12.2 Å². The van der Waals surface area contributed by atoms with Gasteiger partial charge in [0.25, 0.3) is 0 Å². The first kappa shape index (κ1) is 17.2. The molecule has 0 fully saturated rings. The van der Waals surface area contributed by atoms with E-state index in [1.54, 1.807) is 6.07 Å². The predicted molar refractivity (Wildman–Crippen MR) is 90.0 cm³/mol. The molecule has 24 heavy (non-hydrogen) atoms. The molecule has 1 N–H and O–H groups in total. The van der Waals surface area contributed by atoms with Crippen LogP contribution in [0.3, 0.4) is 0 Å². The summed E-state index contributed by atoms with van der Waals surface area (Å²) in [5.74, 6) is -0.931. The Kier molecular flexibility index (Phi) is 6.08. The number of hydrogen-bond acceptors (Lipinski definition) is 4. The molecule has 0 atom stereocenters. The van der Waals surface area contributed by atoms with Crippen molar-refractivity contribution in [3.05, 3.63) is 75.8 Å². The molecule has 2 aromatic carbocycles. The fraction of sp³-hybridized carbons (Fsp3) is 0.167. The van der Waals surface area contributed by atoms with Gasteiger partial charge in [-0.25, -0.2) is 4.79 Å². The van der Waals surface area contributed by atoms with Crippen LogP contribution in [0.25, 0.3) is 6.08 Å². The predicted octanol–water partition coefficient (Wildman–Crippen LogP) is 3.70. The Morgan fingerprint density at radius 1 is 1.21 bits per heavy atom. The van der Waals surface area contributed by atoms with Crippen LogP contribution in [0.5, 0.6) is 5.75 Å². The molecule has 2 rings (SSSR count). The molecular formula is C18H17NO5. The van der Waals surface area contributed by atoms with E-state index in [1.165, 1.54) is 23.8 Å². The number of rotatable bonds is 8. The van der Waals surface area contributed by atoms with Gasteiger partial charge in [-0.05, 0) is 36.1 Å². The molecule has 6 nitrogen and oxygen atoms in total. The molecule has 0 aliphatic carbocycles. The van der Waals surface area contributed by atoms with Crippen LogP contribution in [0, 0.1) is 10.1 Å². The number of benzene rings is 2. The third-order valence-electron chi connectivity index (χ3n) is 3.31. The maximum absolute atomic E-state index is 11.2. The fourth-order valence-electron chi connectivity index (χ4n) is 2.17. The van der Waals surface area contributed by atoms with E-state index in [1.807, 2.05) is 30.3 Å². The highest BCUT2D eigenvalue weighted by Gasteiger charge is 2.15.